The molecule has 1 aliphatic carbocycles. The van der Waals surface area contributed by atoms with Crippen molar-refractivity contribution in [2.75, 3.05) is 4.90 Å². The molecule has 8 nitrogen and oxygen atoms in total. The Hall–Kier alpha value is -7.20. The van der Waals surface area contributed by atoms with Gasteiger partial charge < -0.3 is 5.11 Å². The van der Waals surface area contributed by atoms with Crippen LogP contribution in [-0.4, -0.2) is 35.7 Å². The van der Waals surface area contributed by atoms with Gasteiger partial charge in [-0.2, -0.15) is 8.42 Å². The summed E-state index contributed by atoms with van der Waals surface area (Å²) >= 11 is 0. The zero-order valence-corrected chi connectivity index (χ0v) is 34.6. The molecule has 1 aliphatic heterocycles. The number of amides is 2. The second-order valence-electron chi connectivity index (χ2n) is 17.0. The summed E-state index contributed by atoms with van der Waals surface area (Å²) in [7, 11) is -4.47. The van der Waals surface area contributed by atoms with E-state index in [0.29, 0.717) is 33.2 Å². The van der Waals surface area contributed by atoms with E-state index < -0.39 is 21.9 Å². The Kier molecular flexibility index (Phi) is 7.35. The minimum Gasteiger partial charge on any atom is -0.507 e. The fourth-order valence-electron chi connectivity index (χ4n) is 10.9. The van der Waals surface area contributed by atoms with Crippen LogP contribution in [0.4, 0.5) is 5.69 Å². The number of hydrogen-bond acceptors (Lipinski definition) is 6. The summed E-state index contributed by atoms with van der Waals surface area (Å²) in [5, 5.41) is 25.2. The average molecular weight is 830 g/mol. The van der Waals surface area contributed by atoms with Gasteiger partial charge in [-0.15, -0.1) is 0 Å². The number of carbonyl (C=O) groups excluding carboxylic acids is 3. The molecule has 1 heterocycles. The number of aryl methyl sites for hydroxylation is 1. The molecule has 0 unspecified atom stereocenters. The molecular formula is C53H35NO7S. The predicted molar refractivity (Wildman–Crippen MR) is 247 cm³/mol. The second-order valence-corrected chi connectivity index (χ2v) is 18.4. The largest absolute Gasteiger partial charge is 0.507 e. The highest BCUT2D eigenvalue weighted by atomic mass is 32.2. The van der Waals surface area contributed by atoms with Crippen LogP contribution in [0.3, 0.4) is 0 Å². The van der Waals surface area contributed by atoms with E-state index in [9.17, 15) is 32.5 Å². The minimum absolute atomic E-state index is 0.0134. The summed E-state index contributed by atoms with van der Waals surface area (Å²) in [6.07, 6.45) is 1.70. The lowest BCUT2D eigenvalue weighted by molar-refractivity contribution is 0.0892. The number of imide groups is 1. The number of hydrogen-bond donors (Lipinski definition) is 2. The fourth-order valence-corrected chi connectivity index (χ4v) is 11.3. The first-order valence-electron chi connectivity index (χ1n) is 20.8. The van der Waals surface area contributed by atoms with Crippen LogP contribution in [0.1, 0.15) is 86.4 Å². The maximum atomic E-state index is 14.8. The number of rotatable bonds is 6. The van der Waals surface area contributed by atoms with Crippen molar-refractivity contribution >= 4 is 120 Å². The first-order valence-corrected chi connectivity index (χ1v) is 22.2. The number of carbonyl (C=O) groups is 3. The number of benzene rings is 10. The van der Waals surface area contributed by atoms with Gasteiger partial charge in [0.2, 0.25) is 0 Å². The molecule has 12 rings (SSSR count). The Morgan fingerprint density at radius 1 is 0.548 bits per heavy atom. The number of anilines is 1. The Morgan fingerprint density at radius 3 is 1.45 bits per heavy atom. The van der Waals surface area contributed by atoms with Crippen molar-refractivity contribution in [1.82, 2.24) is 0 Å². The van der Waals surface area contributed by atoms with Crippen LogP contribution < -0.4 is 4.90 Å². The van der Waals surface area contributed by atoms with Gasteiger partial charge in [0, 0.05) is 33.0 Å². The molecule has 10 aromatic rings. The molecule has 62 heavy (non-hydrogen) atoms. The summed E-state index contributed by atoms with van der Waals surface area (Å²) < 4.78 is 32.9. The van der Waals surface area contributed by atoms with Gasteiger partial charge in [0.15, 0.2) is 5.78 Å². The highest BCUT2D eigenvalue weighted by molar-refractivity contribution is 7.85. The Morgan fingerprint density at radius 2 is 0.984 bits per heavy atom. The number of allylic oxidation sites excluding steroid dienone is 1. The van der Waals surface area contributed by atoms with E-state index in [1.54, 1.807) is 12.1 Å². The molecule has 0 saturated heterocycles. The van der Waals surface area contributed by atoms with Gasteiger partial charge in [0.25, 0.3) is 21.9 Å². The Labute approximate surface area is 354 Å². The molecule has 0 aromatic heterocycles. The summed E-state index contributed by atoms with van der Waals surface area (Å²) in [6, 6.07) is 35.0. The quantitative estimate of drug-likeness (QED) is 0.0739. The Bertz CT molecular complexity index is 3760. The number of aliphatic hydroxyl groups is 1. The maximum Gasteiger partial charge on any atom is 0.294 e. The zero-order chi connectivity index (χ0) is 42.7. The van der Waals surface area contributed by atoms with E-state index in [4.69, 9.17) is 0 Å². The molecule has 9 heteroatoms. The third-order valence-corrected chi connectivity index (χ3v) is 14.3. The molecule has 2 aliphatic rings. The fraction of sp³-hybridized carbons (Fsp3) is 0.113. The van der Waals surface area contributed by atoms with E-state index in [2.05, 4.69) is 69.3 Å². The first kappa shape index (κ1) is 36.6. The van der Waals surface area contributed by atoms with Crippen molar-refractivity contribution in [3.8, 4) is 0 Å². The molecule has 0 spiro atoms. The number of aliphatic hydroxyl groups excluding tert-OH is 1. The monoisotopic (exact) mass is 829 g/mol. The number of Topliss-reactive ketones (excluding diaryl/α,β-unsaturated/α-hetero) is 1. The molecule has 0 radical (unpaired) electrons. The van der Waals surface area contributed by atoms with Gasteiger partial charge in [-0.1, -0.05) is 93.9 Å². The molecule has 300 valence electrons. The third-order valence-electron chi connectivity index (χ3n) is 13.4. The van der Waals surface area contributed by atoms with Crippen molar-refractivity contribution in [3.05, 3.63) is 154 Å². The zero-order valence-electron chi connectivity index (χ0n) is 33.8. The Balaban J connectivity index is 1.09. The van der Waals surface area contributed by atoms with Gasteiger partial charge in [0.1, 0.15) is 5.76 Å². The first-order chi connectivity index (χ1) is 29.9. The highest BCUT2D eigenvalue weighted by Crippen LogP contribution is 2.51. The van der Waals surface area contributed by atoms with E-state index >= 15 is 0 Å². The predicted octanol–water partition coefficient (Wildman–Crippen LogP) is 12.4. The van der Waals surface area contributed by atoms with Gasteiger partial charge in [-0.3, -0.25) is 18.9 Å². The van der Waals surface area contributed by atoms with Gasteiger partial charge in [0.05, 0.1) is 16.2 Å². The molecule has 0 fully saturated rings. The van der Waals surface area contributed by atoms with E-state index in [-0.39, 0.29) is 28.0 Å². The van der Waals surface area contributed by atoms with Crippen molar-refractivity contribution in [2.24, 2.45) is 0 Å². The lowest BCUT2D eigenvalue weighted by Crippen LogP contribution is -2.40. The third kappa shape index (κ3) is 4.58. The maximum absolute atomic E-state index is 14.8. The lowest BCUT2D eigenvalue weighted by atomic mass is 9.76. The van der Waals surface area contributed by atoms with E-state index in [0.717, 1.165) is 117 Å². The van der Waals surface area contributed by atoms with Crippen LogP contribution in [0.25, 0.3) is 86.7 Å². The standard InChI is InChI=1S/C53H35NO7S/c1-4-6-26-7-5-8-29(25(2)3)42(26)49-50(55)38-21-17-34-30-13-15-32-36-19-23-40-48-41(53(58)54(52(40)57)27-9-11-28(12-10-27)62(59,60)61)24-20-37(46(36)48)33-16-14-31(43(30)44(32)33)35-18-22-39(51(49)56)47(38)45(34)35/h5,7-25,55H,4,6H2,1-3H3,(H,59,60,61). The molecule has 0 bridgehead atoms. The van der Waals surface area contributed by atoms with E-state index in [1.165, 1.54) is 12.1 Å². The summed E-state index contributed by atoms with van der Waals surface area (Å²) in [5.41, 5.74) is 5.43. The highest BCUT2D eigenvalue weighted by Gasteiger charge is 2.37. The summed E-state index contributed by atoms with van der Waals surface area (Å²) in [6.45, 7) is 6.36. The summed E-state index contributed by atoms with van der Waals surface area (Å²) in [4.78, 5) is 43.9. The normalized spacial score (nSPS) is 14.6. The number of nitrogens with zero attached hydrogens (tertiary/aromatic N) is 1. The topological polar surface area (TPSA) is 129 Å². The average Bonchev–Trinajstić information content (AvgIpc) is 3.26. The van der Waals surface area contributed by atoms with Crippen LogP contribution in [0, 0.1) is 0 Å². The molecule has 2 amide bonds. The van der Waals surface area contributed by atoms with Crippen molar-refractivity contribution in [1.29, 1.82) is 0 Å². The lowest BCUT2D eigenvalue weighted by Gasteiger charge is -2.29. The molecular weight excluding hydrogens is 795 g/mol. The number of ketones is 1. The van der Waals surface area contributed by atoms with Crippen LogP contribution >= 0.6 is 0 Å². The molecule has 0 atom stereocenters. The SMILES string of the molecule is CCCc1cccc(C(C)C)c1C1=C(O)c2ccc3c4ccc5c6ccc7c8c(ccc(c9ccc(c%10ccc(c2c%103)C1=O)c4c95)c86)C(=O)N(c1ccc(S(=O)(=O)O)cc1)C7=O. The molecule has 10 aromatic carbocycles. The van der Waals surface area contributed by atoms with Crippen LogP contribution in [-0.2, 0) is 16.5 Å². The van der Waals surface area contributed by atoms with E-state index in [1.807, 2.05) is 30.3 Å². The molecule has 2 N–H and O–H groups in total. The van der Waals surface area contributed by atoms with Gasteiger partial charge in [-0.05, 0) is 142 Å². The van der Waals surface area contributed by atoms with Gasteiger partial charge in [-0.25, -0.2) is 4.90 Å². The van der Waals surface area contributed by atoms with Crippen molar-refractivity contribution in [3.63, 3.8) is 0 Å². The molecule has 0 saturated carbocycles. The minimum atomic E-state index is -4.47. The van der Waals surface area contributed by atoms with Crippen molar-refractivity contribution in [2.45, 2.75) is 44.4 Å². The second kappa shape index (κ2) is 12.4. The number of fused-ring (bicyclic) bond motifs is 4. The van der Waals surface area contributed by atoms with Crippen LogP contribution in [0.5, 0.6) is 0 Å². The van der Waals surface area contributed by atoms with Crippen LogP contribution in [0.15, 0.2) is 120 Å². The smallest absolute Gasteiger partial charge is 0.294 e. The van der Waals surface area contributed by atoms with Gasteiger partial charge >= 0.3 is 0 Å². The van der Waals surface area contributed by atoms with Crippen LogP contribution in [0.2, 0.25) is 0 Å². The summed E-state index contributed by atoms with van der Waals surface area (Å²) in [5.74, 6) is -1.08. The van der Waals surface area contributed by atoms with Crippen molar-refractivity contribution < 1.29 is 32.5 Å².